The van der Waals surface area contributed by atoms with Crippen LogP contribution in [-0.2, 0) is 6.54 Å². The topological polar surface area (TPSA) is 37.4 Å². The molecule has 4 heteroatoms. The third-order valence-electron chi connectivity index (χ3n) is 6.78. The van der Waals surface area contributed by atoms with Gasteiger partial charge in [0.1, 0.15) is 0 Å². The molecule has 2 aliphatic heterocycles. The fraction of sp³-hybridized carbons (Fsp3) is 0.346. The molecule has 0 saturated carbocycles. The minimum Gasteiger partial charge on any atom is -0.481 e. The number of aromatic nitrogens is 1. The first-order valence-electron chi connectivity index (χ1n) is 10.9. The number of hydrogen-bond donors (Lipinski definition) is 1. The molecule has 0 aliphatic carbocycles. The fourth-order valence-electron chi connectivity index (χ4n) is 5.47. The van der Waals surface area contributed by atoms with Gasteiger partial charge in [-0.2, -0.15) is 0 Å². The molecule has 1 aromatic heterocycles. The third-order valence-corrected chi connectivity index (χ3v) is 6.78. The Morgan fingerprint density at radius 3 is 2.37 bits per heavy atom. The average Bonchev–Trinajstić information content (AvgIpc) is 3.42. The van der Waals surface area contributed by atoms with Crippen LogP contribution in [-0.4, -0.2) is 42.2 Å². The minimum absolute atomic E-state index is 0.353. The first kappa shape index (κ1) is 19.3. The highest BCUT2D eigenvalue weighted by Gasteiger charge is 2.49. The highest BCUT2D eigenvalue weighted by atomic mass is 16.5. The van der Waals surface area contributed by atoms with Crippen LogP contribution in [0.25, 0.3) is 0 Å². The van der Waals surface area contributed by atoms with Crippen molar-refractivity contribution in [3.05, 3.63) is 95.7 Å². The van der Waals surface area contributed by atoms with Crippen LogP contribution in [0.15, 0.2) is 79.0 Å². The van der Waals surface area contributed by atoms with E-state index < -0.39 is 0 Å². The molecule has 30 heavy (non-hydrogen) atoms. The van der Waals surface area contributed by atoms with Crippen molar-refractivity contribution in [2.45, 2.75) is 31.0 Å². The molecule has 0 radical (unpaired) electrons. The maximum atomic E-state index is 5.47. The lowest BCUT2D eigenvalue weighted by Gasteiger charge is -2.39. The molecule has 2 aromatic carbocycles. The number of nitrogens with zero attached hydrogens (tertiary/aromatic N) is 2. The smallest absolute Gasteiger partial charge is 0.217 e. The molecule has 154 valence electrons. The van der Waals surface area contributed by atoms with Crippen molar-refractivity contribution < 1.29 is 4.74 Å². The number of nitrogens with one attached hydrogen (secondary N) is 1. The van der Waals surface area contributed by atoms with E-state index in [9.17, 15) is 0 Å². The van der Waals surface area contributed by atoms with E-state index in [2.05, 4.69) is 81.9 Å². The molecule has 3 heterocycles. The molecule has 2 saturated heterocycles. The molecule has 0 spiro atoms. The maximum absolute atomic E-state index is 5.47. The standard InChI is InChI=1S/C26H29N3O/c1-30-26-21(13-8-15-27-26)17-28-24-22-14-16-29(18-22)25(24)23(19-9-4-2-5-10-19)20-11-6-3-7-12-20/h2-13,15,22-25,28H,14,16-18H2,1H3. The largest absolute Gasteiger partial charge is 0.481 e. The Morgan fingerprint density at radius 2 is 1.70 bits per heavy atom. The molecule has 5 rings (SSSR count). The molecular formula is C26H29N3O. The Hall–Kier alpha value is -2.69. The summed E-state index contributed by atoms with van der Waals surface area (Å²) in [6.45, 7) is 3.15. The Bertz CT molecular complexity index is 923. The van der Waals surface area contributed by atoms with Crippen molar-refractivity contribution in [1.29, 1.82) is 0 Å². The lowest BCUT2D eigenvalue weighted by atomic mass is 9.78. The van der Waals surface area contributed by atoms with E-state index in [1.54, 1.807) is 13.3 Å². The summed E-state index contributed by atoms with van der Waals surface area (Å²) in [4.78, 5) is 7.07. The molecule has 3 aromatic rings. The monoisotopic (exact) mass is 399 g/mol. The number of piperidine rings is 1. The molecule has 2 aliphatic rings. The van der Waals surface area contributed by atoms with Crippen LogP contribution < -0.4 is 10.1 Å². The zero-order valence-electron chi connectivity index (χ0n) is 17.4. The van der Waals surface area contributed by atoms with Gasteiger partial charge in [0.15, 0.2) is 0 Å². The Kier molecular flexibility index (Phi) is 5.52. The predicted octanol–water partition coefficient (Wildman–Crippen LogP) is 4.08. The normalized spacial score (nSPS) is 25.0. The number of pyridine rings is 1. The fourth-order valence-corrected chi connectivity index (χ4v) is 5.47. The maximum Gasteiger partial charge on any atom is 0.217 e. The summed E-state index contributed by atoms with van der Waals surface area (Å²) >= 11 is 0. The SMILES string of the molecule is COc1ncccc1CNC1C2CCN(C2)C1C(c1ccccc1)c1ccccc1. The van der Waals surface area contributed by atoms with Crippen molar-refractivity contribution in [2.24, 2.45) is 5.92 Å². The van der Waals surface area contributed by atoms with Gasteiger partial charge in [0.25, 0.3) is 0 Å². The molecule has 2 bridgehead atoms. The summed E-state index contributed by atoms with van der Waals surface area (Å²) in [5.41, 5.74) is 3.91. The minimum atomic E-state index is 0.353. The Labute approximate surface area is 178 Å². The van der Waals surface area contributed by atoms with Crippen LogP contribution in [0.1, 0.15) is 29.0 Å². The molecular weight excluding hydrogens is 370 g/mol. The van der Waals surface area contributed by atoms with Gasteiger partial charge in [-0.3, -0.25) is 4.90 Å². The highest BCUT2D eigenvalue weighted by Crippen LogP contribution is 2.43. The summed E-state index contributed by atoms with van der Waals surface area (Å²) in [6.07, 6.45) is 3.06. The summed E-state index contributed by atoms with van der Waals surface area (Å²) in [7, 11) is 1.69. The van der Waals surface area contributed by atoms with Crippen LogP contribution in [0.3, 0.4) is 0 Å². The Balaban J connectivity index is 1.47. The van der Waals surface area contributed by atoms with Crippen molar-refractivity contribution in [3.63, 3.8) is 0 Å². The first-order chi connectivity index (χ1) is 14.8. The number of methoxy groups -OCH3 is 1. The second-order valence-electron chi connectivity index (χ2n) is 8.41. The van der Waals surface area contributed by atoms with Crippen molar-refractivity contribution >= 4 is 0 Å². The lowest BCUT2D eigenvalue weighted by molar-refractivity contribution is 0.197. The number of fused-ring (bicyclic) bond motifs is 2. The zero-order valence-corrected chi connectivity index (χ0v) is 17.4. The van der Waals surface area contributed by atoms with E-state index in [0.717, 1.165) is 12.1 Å². The zero-order chi connectivity index (χ0) is 20.3. The molecule has 4 atom stereocenters. The number of benzene rings is 2. The molecule has 2 fully saturated rings. The number of hydrogen-bond acceptors (Lipinski definition) is 4. The molecule has 1 N–H and O–H groups in total. The van der Waals surface area contributed by atoms with Gasteiger partial charge in [0.2, 0.25) is 5.88 Å². The second kappa shape index (κ2) is 8.58. The summed E-state index contributed by atoms with van der Waals surface area (Å²) in [5.74, 6) is 1.76. The van der Waals surface area contributed by atoms with Crippen LogP contribution in [0.4, 0.5) is 0 Å². The van der Waals surface area contributed by atoms with Gasteiger partial charge in [0.05, 0.1) is 7.11 Å². The quantitative estimate of drug-likeness (QED) is 0.650. The van der Waals surface area contributed by atoms with E-state index in [1.165, 1.54) is 30.6 Å². The van der Waals surface area contributed by atoms with Gasteiger partial charge in [-0.15, -0.1) is 0 Å². The first-order valence-corrected chi connectivity index (χ1v) is 10.9. The van der Waals surface area contributed by atoms with E-state index in [0.29, 0.717) is 29.8 Å². The number of rotatable bonds is 7. The average molecular weight is 400 g/mol. The molecule has 0 amide bonds. The molecule has 4 unspecified atom stereocenters. The molecule has 4 nitrogen and oxygen atoms in total. The summed E-state index contributed by atoms with van der Waals surface area (Å²) < 4.78 is 5.47. The summed E-state index contributed by atoms with van der Waals surface area (Å²) in [6, 6.07) is 27.0. The summed E-state index contributed by atoms with van der Waals surface area (Å²) in [5, 5.41) is 3.91. The second-order valence-corrected chi connectivity index (χ2v) is 8.41. The lowest BCUT2D eigenvalue weighted by Crippen LogP contribution is -2.50. The van der Waals surface area contributed by atoms with Crippen LogP contribution in [0, 0.1) is 5.92 Å². The van der Waals surface area contributed by atoms with Gasteiger partial charge >= 0.3 is 0 Å². The van der Waals surface area contributed by atoms with Crippen molar-refractivity contribution in [1.82, 2.24) is 15.2 Å². The predicted molar refractivity (Wildman–Crippen MR) is 120 cm³/mol. The van der Waals surface area contributed by atoms with E-state index in [4.69, 9.17) is 4.74 Å². The number of ether oxygens (including phenoxy) is 1. The van der Waals surface area contributed by atoms with Crippen molar-refractivity contribution in [2.75, 3.05) is 20.2 Å². The van der Waals surface area contributed by atoms with E-state index in [1.807, 2.05) is 6.07 Å². The van der Waals surface area contributed by atoms with Gasteiger partial charge in [-0.25, -0.2) is 4.98 Å². The van der Waals surface area contributed by atoms with E-state index >= 15 is 0 Å². The van der Waals surface area contributed by atoms with E-state index in [-0.39, 0.29) is 0 Å². The van der Waals surface area contributed by atoms with Gasteiger partial charge < -0.3 is 10.1 Å². The van der Waals surface area contributed by atoms with Crippen molar-refractivity contribution in [3.8, 4) is 5.88 Å². The van der Waals surface area contributed by atoms with Gasteiger partial charge in [-0.05, 0) is 36.1 Å². The van der Waals surface area contributed by atoms with Crippen LogP contribution in [0.5, 0.6) is 5.88 Å². The third kappa shape index (κ3) is 3.62. The van der Waals surface area contributed by atoms with Crippen LogP contribution >= 0.6 is 0 Å². The van der Waals surface area contributed by atoms with Crippen LogP contribution in [0.2, 0.25) is 0 Å². The Morgan fingerprint density at radius 1 is 1.00 bits per heavy atom. The van der Waals surface area contributed by atoms with Gasteiger partial charge in [0, 0.05) is 42.9 Å². The highest BCUT2D eigenvalue weighted by molar-refractivity contribution is 5.36. The van der Waals surface area contributed by atoms with Gasteiger partial charge in [-0.1, -0.05) is 66.7 Å².